The molecule has 4 aliphatic heterocycles. The maximum absolute atomic E-state index is 13.7. The Kier molecular flexibility index (Phi) is 38.2. The van der Waals surface area contributed by atoms with Crippen LogP contribution in [0, 0.1) is 17.5 Å². The van der Waals surface area contributed by atoms with Crippen molar-refractivity contribution in [2.45, 2.75) is 257 Å². The van der Waals surface area contributed by atoms with Crippen molar-refractivity contribution in [3.8, 4) is 0 Å². The number of alkyl halides is 3. The summed E-state index contributed by atoms with van der Waals surface area (Å²) in [5.74, 6) is -3.96. The lowest BCUT2D eigenvalue weighted by atomic mass is 10.00. The molecule has 4 unspecified atom stereocenters. The normalized spacial score (nSPS) is 16.9. The number of hydrogen-bond donors (Lipinski definition) is 4. The molecule has 128 heavy (non-hydrogen) atoms. The smallest absolute Gasteiger partial charge is 0.317 e. The number of likely N-dealkylation sites (tertiary alicyclic amines) is 4. The van der Waals surface area contributed by atoms with Gasteiger partial charge in [0.25, 0.3) is 0 Å². The number of pyridine rings is 1. The first kappa shape index (κ1) is 102. The topological polar surface area (TPSA) is 155 Å². The molecule has 0 spiro atoms. The van der Waals surface area contributed by atoms with E-state index >= 15 is 0 Å². The second kappa shape index (κ2) is 47.9. The van der Waals surface area contributed by atoms with E-state index in [2.05, 4.69) is 132 Å². The molecule has 0 bridgehead atoms. The SMILES string of the molecule is CCCC(C)N1CCC(N(Cc2ccccc2)C(=O)Nc2ccc(CC)cc2)CC1.CCCC(C)N1CCC(N(Cc2ccccc2)C(=O)Nc2ccc(F)c(Cl)c2)CC1.CCCC(C)N1CCC(N(Cc2ccccc2)C(=O)Nc2ccc(F)c(S(F)(F)(F)(F)F)c2)CC1.CCCC(C)N1CCC(N(Cc2cccnc2)C(=O)Nc2ccc(F)c(C(F)(F)F)c2)CC1. The first-order valence-corrected chi connectivity index (χ1v) is 47.5. The predicted octanol–water partition coefficient (Wildman–Crippen LogP) is 26.2. The second-order valence-electron chi connectivity index (χ2n) is 34.2. The van der Waals surface area contributed by atoms with E-state index < -0.39 is 62.1 Å². The number of piperidine rings is 4. The van der Waals surface area contributed by atoms with Crippen LogP contribution in [0.2, 0.25) is 5.02 Å². The highest BCUT2D eigenvalue weighted by molar-refractivity contribution is 8.45. The van der Waals surface area contributed by atoms with Crippen molar-refractivity contribution < 1.29 is 64.9 Å². The van der Waals surface area contributed by atoms with E-state index in [0.717, 1.165) is 164 Å². The van der Waals surface area contributed by atoms with Crippen LogP contribution in [-0.2, 0) is 38.8 Å². The number of amides is 8. The van der Waals surface area contributed by atoms with E-state index in [9.17, 15) is 64.9 Å². The number of rotatable bonds is 30. The molecule has 0 aliphatic carbocycles. The molecule has 1 aromatic heterocycles. The van der Waals surface area contributed by atoms with E-state index in [-0.39, 0.29) is 72.2 Å². The molecule has 4 N–H and O–H groups in total. The molecule has 8 amide bonds. The van der Waals surface area contributed by atoms with Crippen molar-refractivity contribution in [2.24, 2.45) is 0 Å². The van der Waals surface area contributed by atoms with Gasteiger partial charge in [0.15, 0.2) is 0 Å². The lowest BCUT2D eigenvalue weighted by molar-refractivity contribution is -0.139. The Morgan fingerprint density at radius 3 is 0.992 bits per heavy atom. The maximum atomic E-state index is 13.7. The number of nitrogens with one attached hydrogen (secondary N) is 4. The number of aryl methyl sites for hydroxylation is 1. The monoisotopic (exact) mass is 1830 g/mol. The number of carbonyl (C=O) groups is 4. The van der Waals surface area contributed by atoms with E-state index in [1.807, 2.05) is 94.7 Å². The van der Waals surface area contributed by atoms with E-state index in [1.54, 1.807) is 35.5 Å². The molecule has 5 heterocycles. The molecule has 4 atom stereocenters. The number of halogens is 12. The molecule has 0 radical (unpaired) electrons. The van der Waals surface area contributed by atoms with Gasteiger partial charge in [0, 0.05) is 162 Å². The Bertz CT molecular complexity index is 4730. The van der Waals surface area contributed by atoms with Gasteiger partial charge in [0.1, 0.15) is 22.3 Å². The van der Waals surface area contributed by atoms with Crippen LogP contribution in [0.3, 0.4) is 0 Å². The summed E-state index contributed by atoms with van der Waals surface area (Å²) >= 11 is 5.88. The number of carbonyl (C=O) groups excluding carboxylic acids is 4. The van der Waals surface area contributed by atoms with Gasteiger partial charge in [-0.05, 0) is 212 Å². The van der Waals surface area contributed by atoms with Crippen LogP contribution in [0.5, 0.6) is 0 Å². The van der Waals surface area contributed by atoms with Crippen LogP contribution in [0.25, 0.3) is 0 Å². The summed E-state index contributed by atoms with van der Waals surface area (Å²) in [5, 5.41) is 10.9. The zero-order valence-corrected chi connectivity index (χ0v) is 76.8. The first-order chi connectivity index (χ1) is 60.9. The average Bonchev–Trinajstić information content (AvgIpc) is 0.717. The Labute approximate surface area is 754 Å². The van der Waals surface area contributed by atoms with E-state index in [4.69, 9.17) is 11.6 Å². The van der Waals surface area contributed by atoms with Crippen LogP contribution < -0.4 is 21.3 Å². The number of nitrogens with zero attached hydrogens (tertiary/aromatic N) is 9. The summed E-state index contributed by atoms with van der Waals surface area (Å²) < 4.78 is 146. The summed E-state index contributed by atoms with van der Waals surface area (Å²) in [4.78, 5) is 71.3. The highest BCUT2D eigenvalue weighted by atomic mass is 35.5. The summed E-state index contributed by atoms with van der Waals surface area (Å²) in [7, 11) is -10.3. The average molecular weight is 1830 g/mol. The van der Waals surface area contributed by atoms with Crippen LogP contribution in [-0.4, -0.2) is 169 Å². The van der Waals surface area contributed by atoms with Gasteiger partial charge < -0.3 is 60.5 Å². The number of benzene rings is 7. The van der Waals surface area contributed by atoms with Crippen molar-refractivity contribution >= 4 is 68.7 Å². The van der Waals surface area contributed by atoms with Crippen LogP contribution in [0.1, 0.15) is 198 Å². The van der Waals surface area contributed by atoms with Crippen LogP contribution in [0.4, 0.5) is 87.7 Å². The second-order valence-corrected chi connectivity index (χ2v) is 36.9. The van der Waals surface area contributed by atoms with Gasteiger partial charge in [-0.1, -0.05) is 201 Å². The molecule has 4 aliphatic rings. The third kappa shape index (κ3) is 31.7. The van der Waals surface area contributed by atoms with Gasteiger partial charge in [-0.15, -0.1) is 0 Å². The minimum absolute atomic E-state index is 0.000583. The predicted molar refractivity (Wildman–Crippen MR) is 494 cm³/mol. The third-order valence-electron chi connectivity index (χ3n) is 24.7. The fourth-order valence-electron chi connectivity index (χ4n) is 17.3. The number of hydrogen-bond acceptors (Lipinski definition) is 9. The van der Waals surface area contributed by atoms with Crippen LogP contribution in [0.15, 0.2) is 199 Å². The lowest BCUT2D eigenvalue weighted by Gasteiger charge is -2.41. The van der Waals surface area contributed by atoms with Gasteiger partial charge in [-0.25, -0.2) is 32.3 Å². The molecule has 12 rings (SSSR count). The molecular weight excluding hydrogens is 1700 g/mol. The largest absolute Gasteiger partial charge is 0.419 e. The third-order valence-corrected chi connectivity index (χ3v) is 26.1. The Morgan fingerprint density at radius 2 is 0.688 bits per heavy atom. The molecule has 8 aromatic rings. The molecule has 700 valence electrons. The minimum atomic E-state index is -10.3. The molecular formula is C98H129ClF11N13O4S. The molecule has 0 saturated carbocycles. The summed E-state index contributed by atoms with van der Waals surface area (Å²) in [6.07, 6.45) is 15.4. The first-order valence-electron chi connectivity index (χ1n) is 45.2. The zero-order valence-electron chi connectivity index (χ0n) is 75.2. The van der Waals surface area contributed by atoms with E-state index in [1.165, 1.54) is 59.9 Å². The van der Waals surface area contributed by atoms with Gasteiger partial charge in [-0.2, -0.15) is 13.2 Å². The highest BCUT2D eigenvalue weighted by Crippen LogP contribution is 3.02. The molecule has 30 heteroatoms. The van der Waals surface area contributed by atoms with Gasteiger partial charge in [0.2, 0.25) is 0 Å². The summed E-state index contributed by atoms with van der Waals surface area (Å²) in [6.45, 7) is 28.8. The highest BCUT2D eigenvalue weighted by Gasteiger charge is 2.67. The van der Waals surface area contributed by atoms with Crippen molar-refractivity contribution in [3.63, 3.8) is 0 Å². The van der Waals surface area contributed by atoms with Gasteiger partial charge in [-0.3, -0.25) is 4.98 Å². The fraction of sp³-hybridized carbons (Fsp3) is 0.480. The molecule has 4 fully saturated rings. The van der Waals surface area contributed by atoms with Gasteiger partial charge in [0.05, 0.1) is 10.6 Å². The number of anilines is 4. The van der Waals surface area contributed by atoms with Crippen LogP contribution >= 0.6 is 21.8 Å². The van der Waals surface area contributed by atoms with Crippen molar-refractivity contribution in [2.75, 3.05) is 73.6 Å². The van der Waals surface area contributed by atoms with Crippen molar-refractivity contribution in [1.82, 2.24) is 44.2 Å². The zero-order chi connectivity index (χ0) is 92.8. The standard InChI is InChI=1S/C26H37N3O.C24H31ClFN3O.C24H31F6N3OS.C24H30F4N4O/c1-4-9-21(3)28-18-16-25(17-19-28)29(20-23-10-7-6-8-11-23)26(30)27-24-14-12-22(5-2)13-15-24;1-3-7-18(2)28-14-12-21(13-15-28)29(17-19-8-5-4-6-9-19)24(30)27-20-10-11-23(26)22(25)16-20;1-3-7-18(2)32-14-12-21(13-15-32)33(17-19-8-5-4-6-9-19)24(34)31-20-10-11-22(25)23(16-20)35(26,27,28,29)30;1-3-5-17(2)31-12-9-20(10-13-31)32(16-18-6-4-11-29-15-18)23(33)30-19-7-8-22(25)21(14-19)24(26,27)28/h6-8,10-15,21,25H,4-5,9,16-20H2,1-3H3,(H,27,30);4-6,8-11,16,18,21H,3,7,12-15,17H2,1-2H3,(H,27,30);4-6,8-11,16,18,21H,3,7,12-15,17H2,1-2H3,(H,31,34);4,6-8,11,14-15,17,20H,3,5,9-10,12-13,16H2,1-2H3,(H,30,33). The summed E-state index contributed by atoms with van der Waals surface area (Å²) in [5.41, 5.74) is 4.50. The van der Waals surface area contributed by atoms with Crippen molar-refractivity contribution in [3.05, 3.63) is 250 Å². The van der Waals surface area contributed by atoms with Gasteiger partial charge >= 0.3 is 40.5 Å². The fourth-order valence-corrected chi connectivity index (χ4v) is 18.3. The Balaban J connectivity index is 0.000000193. The summed E-state index contributed by atoms with van der Waals surface area (Å²) in [6, 6.07) is 49.9. The van der Waals surface area contributed by atoms with Crippen molar-refractivity contribution in [1.29, 1.82) is 0 Å². The van der Waals surface area contributed by atoms with E-state index in [0.29, 0.717) is 61.9 Å². The number of aromatic nitrogens is 1. The molecule has 4 saturated heterocycles. The number of urea groups is 4. The Hall–Kier alpha value is -9.52. The molecule has 17 nitrogen and oxygen atoms in total. The lowest BCUT2D eigenvalue weighted by Crippen LogP contribution is -2.50. The Morgan fingerprint density at radius 1 is 0.391 bits per heavy atom. The molecule has 7 aromatic carbocycles. The minimum Gasteiger partial charge on any atom is -0.317 e. The maximum Gasteiger partial charge on any atom is 0.419 e. The quantitative estimate of drug-likeness (QED) is 0.0322.